The van der Waals surface area contributed by atoms with Crippen molar-refractivity contribution >= 4 is 17.5 Å². The van der Waals surface area contributed by atoms with Crippen LogP contribution in [0.15, 0.2) is 51.8 Å². The van der Waals surface area contributed by atoms with Crippen LogP contribution in [-0.2, 0) is 0 Å². The molecule has 4 nitrogen and oxygen atoms in total. The monoisotopic (exact) mass is 244 g/mol. The first-order valence-corrected chi connectivity index (χ1v) is 5.58. The standard InChI is InChI=1S/C13H13FN4/c1-2-10-7-8-12(18-13(15)17-10)16-11-5-3-9(14)4-6-11/h3-6,8H,2H2,1H3,(H3,15,16,17,18). The number of nitrogens with zero attached hydrogens (tertiary/aromatic N) is 2. The van der Waals surface area contributed by atoms with Crippen LogP contribution in [-0.4, -0.2) is 11.8 Å². The zero-order valence-corrected chi connectivity index (χ0v) is 9.94. The molecule has 0 unspecified atom stereocenters. The second-order valence-corrected chi connectivity index (χ2v) is 3.69. The van der Waals surface area contributed by atoms with Crippen molar-refractivity contribution in [3.63, 3.8) is 0 Å². The minimum absolute atomic E-state index is 0.272. The highest BCUT2D eigenvalue weighted by molar-refractivity contribution is 6.03. The fourth-order valence-electron chi connectivity index (χ4n) is 1.42. The van der Waals surface area contributed by atoms with Gasteiger partial charge in [-0.3, -0.25) is 0 Å². The smallest absolute Gasteiger partial charge is 0.200 e. The maximum Gasteiger partial charge on any atom is 0.200 e. The molecule has 92 valence electrons. The molecule has 0 spiro atoms. The summed E-state index contributed by atoms with van der Waals surface area (Å²) in [6.07, 6.45) is 2.42. The predicted molar refractivity (Wildman–Crippen MR) is 70.1 cm³/mol. The molecule has 5 heteroatoms. The van der Waals surface area contributed by atoms with Crippen LogP contribution in [0.2, 0.25) is 0 Å². The van der Waals surface area contributed by atoms with Crippen molar-refractivity contribution in [1.29, 1.82) is 0 Å². The SMILES string of the molecule is CCC1=C=CC(=Nc2ccc(F)cc2)N=C(N)N1. The number of hydrogen-bond acceptors (Lipinski definition) is 3. The Hall–Kier alpha value is -2.39. The molecule has 0 aliphatic carbocycles. The van der Waals surface area contributed by atoms with Crippen molar-refractivity contribution in [2.24, 2.45) is 15.7 Å². The van der Waals surface area contributed by atoms with Crippen LogP contribution in [0.3, 0.4) is 0 Å². The van der Waals surface area contributed by atoms with Gasteiger partial charge >= 0.3 is 0 Å². The summed E-state index contributed by atoms with van der Waals surface area (Å²) >= 11 is 0. The Morgan fingerprint density at radius 1 is 1.39 bits per heavy atom. The molecule has 0 amide bonds. The number of halogens is 1. The number of amidine groups is 1. The van der Waals surface area contributed by atoms with Gasteiger partial charge in [-0.05, 0) is 30.7 Å². The summed E-state index contributed by atoms with van der Waals surface area (Å²) in [6, 6.07) is 5.84. The van der Waals surface area contributed by atoms with Gasteiger partial charge in [0.15, 0.2) is 11.8 Å². The summed E-state index contributed by atoms with van der Waals surface area (Å²) in [5.41, 5.74) is 10.2. The van der Waals surface area contributed by atoms with Crippen LogP contribution in [0.25, 0.3) is 0 Å². The number of nitrogens with two attached hydrogens (primary N) is 1. The second-order valence-electron chi connectivity index (χ2n) is 3.69. The van der Waals surface area contributed by atoms with Crippen molar-refractivity contribution in [3.8, 4) is 0 Å². The highest BCUT2D eigenvalue weighted by Gasteiger charge is 2.02. The Morgan fingerprint density at radius 3 is 2.78 bits per heavy atom. The van der Waals surface area contributed by atoms with Crippen molar-refractivity contribution in [3.05, 3.63) is 47.6 Å². The molecule has 0 fully saturated rings. The maximum atomic E-state index is 12.8. The van der Waals surface area contributed by atoms with Crippen LogP contribution in [0.4, 0.5) is 10.1 Å². The average molecular weight is 244 g/mol. The first-order valence-electron chi connectivity index (χ1n) is 5.58. The lowest BCUT2D eigenvalue weighted by Crippen LogP contribution is -2.30. The molecule has 0 saturated heterocycles. The Morgan fingerprint density at radius 2 is 2.11 bits per heavy atom. The van der Waals surface area contributed by atoms with Gasteiger partial charge in [-0.15, -0.1) is 0 Å². The fourth-order valence-corrected chi connectivity index (χ4v) is 1.42. The van der Waals surface area contributed by atoms with E-state index in [-0.39, 0.29) is 11.8 Å². The molecule has 0 atom stereocenters. The number of benzene rings is 1. The molecule has 1 aliphatic rings. The molecule has 1 aromatic carbocycles. The summed E-state index contributed by atoms with van der Waals surface area (Å²) in [5, 5.41) is 2.91. The summed E-state index contributed by atoms with van der Waals surface area (Å²) in [6.45, 7) is 1.98. The predicted octanol–water partition coefficient (Wildman–Crippen LogP) is 2.22. The van der Waals surface area contributed by atoms with Gasteiger partial charge in [0, 0.05) is 6.08 Å². The van der Waals surface area contributed by atoms with E-state index in [1.807, 2.05) is 6.92 Å². The molecule has 0 aromatic heterocycles. The van der Waals surface area contributed by atoms with Gasteiger partial charge in [0.25, 0.3) is 0 Å². The van der Waals surface area contributed by atoms with E-state index in [2.05, 4.69) is 21.0 Å². The summed E-state index contributed by atoms with van der Waals surface area (Å²) in [5.74, 6) is 0.400. The Labute approximate surface area is 104 Å². The Kier molecular flexibility index (Phi) is 3.55. The van der Waals surface area contributed by atoms with E-state index in [4.69, 9.17) is 5.73 Å². The van der Waals surface area contributed by atoms with Gasteiger partial charge in [-0.25, -0.2) is 9.38 Å². The van der Waals surface area contributed by atoms with Gasteiger partial charge in [0.1, 0.15) is 5.82 Å². The molecule has 0 saturated carbocycles. The third kappa shape index (κ3) is 3.06. The Balaban J connectivity index is 2.35. The zero-order valence-electron chi connectivity index (χ0n) is 9.94. The zero-order chi connectivity index (χ0) is 13.0. The molecular formula is C13H13FN4. The molecular weight excluding hydrogens is 231 g/mol. The number of guanidine groups is 1. The molecule has 0 radical (unpaired) electrons. The van der Waals surface area contributed by atoms with E-state index in [0.29, 0.717) is 11.5 Å². The molecule has 2 rings (SSSR count). The van der Waals surface area contributed by atoms with Gasteiger partial charge in [0.05, 0.1) is 11.4 Å². The lowest BCUT2D eigenvalue weighted by atomic mass is 10.3. The van der Waals surface area contributed by atoms with E-state index in [9.17, 15) is 4.39 Å². The highest BCUT2D eigenvalue weighted by Crippen LogP contribution is 2.13. The lowest BCUT2D eigenvalue weighted by molar-refractivity contribution is 0.628. The quantitative estimate of drug-likeness (QED) is 0.783. The van der Waals surface area contributed by atoms with Crippen molar-refractivity contribution in [2.45, 2.75) is 13.3 Å². The number of aliphatic imine (C=N–C) groups is 2. The van der Waals surface area contributed by atoms with Crippen LogP contribution >= 0.6 is 0 Å². The molecule has 1 aliphatic heterocycles. The van der Waals surface area contributed by atoms with Gasteiger partial charge < -0.3 is 11.1 Å². The molecule has 1 aromatic rings. The topological polar surface area (TPSA) is 62.8 Å². The van der Waals surface area contributed by atoms with Crippen LogP contribution in [0.5, 0.6) is 0 Å². The van der Waals surface area contributed by atoms with Gasteiger partial charge in [0.2, 0.25) is 0 Å². The fraction of sp³-hybridized carbons (Fsp3) is 0.154. The largest absolute Gasteiger partial charge is 0.369 e. The van der Waals surface area contributed by atoms with E-state index in [1.54, 1.807) is 18.2 Å². The number of nitrogens with one attached hydrogen (secondary N) is 1. The number of rotatable bonds is 2. The van der Waals surface area contributed by atoms with Crippen LogP contribution in [0.1, 0.15) is 13.3 Å². The third-order valence-corrected chi connectivity index (χ3v) is 2.31. The number of hydrogen-bond donors (Lipinski definition) is 2. The minimum Gasteiger partial charge on any atom is -0.369 e. The van der Waals surface area contributed by atoms with Crippen molar-refractivity contribution < 1.29 is 4.39 Å². The van der Waals surface area contributed by atoms with E-state index >= 15 is 0 Å². The van der Waals surface area contributed by atoms with Gasteiger partial charge in [-0.2, -0.15) is 4.99 Å². The van der Waals surface area contributed by atoms with E-state index in [0.717, 1.165) is 12.1 Å². The normalized spacial score (nSPS) is 16.9. The van der Waals surface area contributed by atoms with E-state index < -0.39 is 0 Å². The third-order valence-electron chi connectivity index (χ3n) is 2.31. The summed E-state index contributed by atoms with van der Waals surface area (Å²) in [4.78, 5) is 8.34. The van der Waals surface area contributed by atoms with Crippen LogP contribution in [0, 0.1) is 5.82 Å². The second kappa shape index (κ2) is 5.29. The van der Waals surface area contributed by atoms with E-state index in [1.165, 1.54) is 12.1 Å². The maximum absolute atomic E-state index is 12.8. The first-order chi connectivity index (χ1) is 8.67. The molecule has 0 bridgehead atoms. The van der Waals surface area contributed by atoms with Crippen LogP contribution < -0.4 is 11.1 Å². The van der Waals surface area contributed by atoms with Gasteiger partial charge in [-0.1, -0.05) is 12.7 Å². The molecule has 3 N–H and O–H groups in total. The summed E-state index contributed by atoms with van der Waals surface area (Å²) < 4.78 is 12.8. The average Bonchev–Trinajstić information content (AvgIpc) is 2.53. The Bertz CT molecular complexity index is 563. The first kappa shape index (κ1) is 12.1. The minimum atomic E-state index is -0.298. The molecule has 18 heavy (non-hydrogen) atoms. The van der Waals surface area contributed by atoms with Crippen molar-refractivity contribution in [2.75, 3.05) is 0 Å². The highest BCUT2D eigenvalue weighted by atomic mass is 19.1. The summed E-state index contributed by atoms with van der Waals surface area (Å²) in [7, 11) is 0. The molecule has 1 heterocycles. The lowest BCUT2D eigenvalue weighted by Gasteiger charge is -2.02. The van der Waals surface area contributed by atoms with Crippen molar-refractivity contribution in [1.82, 2.24) is 5.32 Å².